The van der Waals surface area contributed by atoms with Crippen molar-refractivity contribution >= 4 is 5.91 Å². The number of nitrogens with zero attached hydrogens (tertiary/aromatic N) is 1. The number of hydrogen-bond donors (Lipinski definition) is 0. The first-order chi connectivity index (χ1) is 7.18. The SMILES string of the molecule is CN(C)C(=O)C1COc2ccccc2C1. The van der Waals surface area contributed by atoms with Gasteiger partial charge in [-0.25, -0.2) is 0 Å². The molecule has 0 saturated heterocycles. The topological polar surface area (TPSA) is 29.5 Å². The Balaban J connectivity index is 2.15. The van der Waals surface area contributed by atoms with Gasteiger partial charge in [-0.1, -0.05) is 18.2 Å². The quantitative estimate of drug-likeness (QED) is 0.692. The number of rotatable bonds is 1. The van der Waals surface area contributed by atoms with Gasteiger partial charge in [0.1, 0.15) is 12.4 Å². The van der Waals surface area contributed by atoms with E-state index in [9.17, 15) is 4.79 Å². The zero-order valence-electron chi connectivity index (χ0n) is 9.06. The smallest absolute Gasteiger partial charge is 0.228 e. The maximum atomic E-state index is 11.8. The van der Waals surface area contributed by atoms with Crippen LogP contribution in [0.5, 0.6) is 5.75 Å². The summed E-state index contributed by atoms with van der Waals surface area (Å²) in [5.74, 6) is 1.03. The van der Waals surface area contributed by atoms with Gasteiger partial charge in [0.15, 0.2) is 0 Å². The van der Waals surface area contributed by atoms with E-state index in [1.165, 1.54) is 0 Å². The maximum absolute atomic E-state index is 11.8. The summed E-state index contributed by atoms with van der Waals surface area (Å²) in [6, 6.07) is 7.90. The molecule has 3 heteroatoms. The first kappa shape index (κ1) is 10.0. The first-order valence-electron chi connectivity index (χ1n) is 5.10. The van der Waals surface area contributed by atoms with Crippen LogP contribution in [-0.4, -0.2) is 31.5 Å². The number of benzene rings is 1. The second kappa shape index (κ2) is 3.93. The van der Waals surface area contributed by atoms with Crippen LogP contribution in [0, 0.1) is 5.92 Å². The monoisotopic (exact) mass is 205 g/mol. The summed E-state index contributed by atoms with van der Waals surface area (Å²) in [6.45, 7) is 0.494. The number of hydrogen-bond acceptors (Lipinski definition) is 2. The van der Waals surface area contributed by atoms with E-state index in [2.05, 4.69) is 0 Å². The van der Waals surface area contributed by atoms with Crippen LogP contribution in [0.25, 0.3) is 0 Å². The van der Waals surface area contributed by atoms with Crippen molar-refractivity contribution in [3.05, 3.63) is 29.8 Å². The Hall–Kier alpha value is -1.51. The Morgan fingerprint density at radius 3 is 2.87 bits per heavy atom. The zero-order chi connectivity index (χ0) is 10.8. The molecule has 1 aliphatic heterocycles. The average Bonchev–Trinajstić information content (AvgIpc) is 2.27. The Kier molecular flexibility index (Phi) is 2.62. The fourth-order valence-electron chi connectivity index (χ4n) is 1.85. The predicted octanol–water partition coefficient (Wildman–Crippen LogP) is 1.33. The van der Waals surface area contributed by atoms with Crippen molar-refractivity contribution in [3.63, 3.8) is 0 Å². The molecular weight excluding hydrogens is 190 g/mol. The normalized spacial score (nSPS) is 18.9. The molecule has 0 aromatic heterocycles. The number of amides is 1. The highest BCUT2D eigenvalue weighted by molar-refractivity contribution is 5.79. The van der Waals surface area contributed by atoms with Gasteiger partial charge in [0.05, 0.1) is 5.92 Å². The molecule has 0 radical (unpaired) electrons. The van der Waals surface area contributed by atoms with Crippen molar-refractivity contribution < 1.29 is 9.53 Å². The van der Waals surface area contributed by atoms with E-state index in [-0.39, 0.29) is 11.8 Å². The standard InChI is InChI=1S/C12H15NO2/c1-13(2)12(14)10-7-9-5-3-4-6-11(9)15-8-10/h3-6,10H,7-8H2,1-2H3. The fourth-order valence-corrected chi connectivity index (χ4v) is 1.85. The third-order valence-corrected chi connectivity index (χ3v) is 2.67. The number of carbonyl (C=O) groups excluding carboxylic acids is 1. The van der Waals surface area contributed by atoms with Crippen LogP contribution in [0.3, 0.4) is 0 Å². The van der Waals surface area contributed by atoms with Crippen LogP contribution >= 0.6 is 0 Å². The van der Waals surface area contributed by atoms with Crippen LogP contribution < -0.4 is 4.74 Å². The van der Waals surface area contributed by atoms with Gasteiger partial charge in [0.2, 0.25) is 5.91 Å². The molecule has 0 bridgehead atoms. The van der Waals surface area contributed by atoms with Gasteiger partial charge < -0.3 is 9.64 Å². The van der Waals surface area contributed by atoms with Crippen molar-refractivity contribution in [1.29, 1.82) is 0 Å². The molecule has 15 heavy (non-hydrogen) atoms. The molecule has 1 unspecified atom stereocenters. The minimum Gasteiger partial charge on any atom is -0.492 e. The van der Waals surface area contributed by atoms with Crippen molar-refractivity contribution in [1.82, 2.24) is 4.90 Å². The van der Waals surface area contributed by atoms with Gasteiger partial charge >= 0.3 is 0 Å². The Labute approximate surface area is 89.7 Å². The highest BCUT2D eigenvalue weighted by Gasteiger charge is 2.26. The number of ether oxygens (including phenoxy) is 1. The molecule has 1 aliphatic rings. The van der Waals surface area contributed by atoms with E-state index < -0.39 is 0 Å². The Morgan fingerprint density at radius 2 is 2.13 bits per heavy atom. The lowest BCUT2D eigenvalue weighted by molar-refractivity contribution is -0.134. The summed E-state index contributed by atoms with van der Waals surface area (Å²) in [5, 5.41) is 0. The molecule has 1 aromatic carbocycles. The number of carbonyl (C=O) groups is 1. The van der Waals surface area contributed by atoms with Crippen LogP contribution in [-0.2, 0) is 11.2 Å². The summed E-state index contributed by atoms with van der Waals surface area (Å²) < 4.78 is 5.56. The summed E-state index contributed by atoms with van der Waals surface area (Å²) in [7, 11) is 3.56. The maximum Gasteiger partial charge on any atom is 0.228 e. The molecule has 3 nitrogen and oxygen atoms in total. The van der Waals surface area contributed by atoms with Gasteiger partial charge in [-0.05, 0) is 18.1 Å². The van der Waals surface area contributed by atoms with Gasteiger partial charge in [-0.3, -0.25) is 4.79 Å². The van der Waals surface area contributed by atoms with Crippen LogP contribution in [0.2, 0.25) is 0 Å². The molecule has 0 fully saturated rings. The van der Waals surface area contributed by atoms with Crippen LogP contribution in [0.4, 0.5) is 0 Å². The molecule has 1 aromatic rings. The number of fused-ring (bicyclic) bond motifs is 1. The second-order valence-electron chi connectivity index (χ2n) is 4.05. The van der Waals surface area contributed by atoms with Crippen LogP contribution in [0.1, 0.15) is 5.56 Å². The van der Waals surface area contributed by atoms with E-state index in [0.717, 1.165) is 17.7 Å². The lowest BCUT2D eigenvalue weighted by Gasteiger charge is -2.26. The highest BCUT2D eigenvalue weighted by atomic mass is 16.5. The fraction of sp³-hybridized carbons (Fsp3) is 0.417. The molecule has 1 heterocycles. The summed E-state index contributed by atoms with van der Waals surface area (Å²) in [5.41, 5.74) is 1.13. The van der Waals surface area contributed by atoms with Gasteiger partial charge in [-0.2, -0.15) is 0 Å². The summed E-state index contributed by atoms with van der Waals surface area (Å²) in [6.07, 6.45) is 0.785. The zero-order valence-corrected chi connectivity index (χ0v) is 9.06. The third-order valence-electron chi connectivity index (χ3n) is 2.67. The molecule has 2 rings (SSSR count). The second-order valence-corrected chi connectivity index (χ2v) is 4.05. The summed E-state index contributed by atoms with van der Waals surface area (Å²) in [4.78, 5) is 13.4. The van der Waals surface area contributed by atoms with Crippen molar-refractivity contribution in [2.75, 3.05) is 20.7 Å². The van der Waals surface area contributed by atoms with E-state index in [1.54, 1.807) is 19.0 Å². The molecule has 1 atom stereocenters. The lowest BCUT2D eigenvalue weighted by atomic mass is 9.96. The Bertz CT molecular complexity index is 374. The van der Waals surface area contributed by atoms with Crippen molar-refractivity contribution in [2.24, 2.45) is 5.92 Å². The molecular formula is C12H15NO2. The van der Waals surface area contributed by atoms with E-state index >= 15 is 0 Å². The van der Waals surface area contributed by atoms with Crippen LogP contribution in [0.15, 0.2) is 24.3 Å². The van der Waals surface area contributed by atoms with E-state index in [4.69, 9.17) is 4.74 Å². The molecule has 1 amide bonds. The minimum atomic E-state index is -0.0325. The largest absolute Gasteiger partial charge is 0.492 e. The molecule has 0 N–H and O–H groups in total. The van der Waals surface area contributed by atoms with Crippen molar-refractivity contribution in [2.45, 2.75) is 6.42 Å². The average molecular weight is 205 g/mol. The van der Waals surface area contributed by atoms with Gasteiger partial charge in [0, 0.05) is 14.1 Å². The third kappa shape index (κ3) is 1.96. The highest BCUT2D eigenvalue weighted by Crippen LogP contribution is 2.27. The van der Waals surface area contributed by atoms with Crippen molar-refractivity contribution in [3.8, 4) is 5.75 Å². The molecule has 0 aliphatic carbocycles. The number of para-hydroxylation sites is 1. The van der Waals surface area contributed by atoms with Gasteiger partial charge in [0.25, 0.3) is 0 Å². The van der Waals surface area contributed by atoms with Gasteiger partial charge in [-0.15, -0.1) is 0 Å². The molecule has 0 spiro atoms. The molecule has 0 saturated carbocycles. The summed E-state index contributed by atoms with van der Waals surface area (Å²) >= 11 is 0. The lowest BCUT2D eigenvalue weighted by Crippen LogP contribution is -2.36. The van der Waals surface area contributed by atoms with E-state index in [0.29, 0.717) is 6.61 Å². The molecule has 80 valence electrons. The minimum absolute atomic E-state index is 0.0325. The predicted molar refractivity (Wildman–Crippen MR) is 57.8 cm³/mol. The first-order valence-corrected chi connectivity index (χ1v) is 5.10. The van der Waals surface area contributed by atoms with E-state index in [1.807, 2.05) is 24.3 Å². The Morgan fingerprint density at radius 1 is 1.40 bits per heavy atom.